The van der Waals surface area contributed by atoms with Gasteiger partial charge in [-0.05, 0) is 47.9 Å². The molecule has 2 aromatic rings. The molecule has 0 spiro atoms. The Kier molecular flexibility index (Phi) is 7.27. The van der Waals surface area contributed by atoms with Gasteiger partial charge < -0.3 is 57.6 Å². The minimum Gasteiger partial charge on any atom is -0.493 e. The van der Waals surface area contributed by atoms with Gasteiger partial charge in [0.1, 0.15) is 24.4 Å². The van der Waals surface area contributed by atoms with Crippen LogP contribution in [0.1, 0.15) is 35.6 Å². The predicted octanol–water partition coefficient (Wildman–Crippen LogP) is 1.64. The quantitative estimate of drug-likeness (QED) is 0.462. The smallest absolute Gasteiger partial charge is 0.310 e. The number of methoxy groups -OCH3 is 3. The number of cyclic esters (lactones) is 1. The van der Waals surface area contributed by atoms with E-state index in [9.17, 15) is 15.0 Å². The highest BCUT2D eigenvalue weighted by atomic mass is 16.8. The summed E-state index contributed by atoms with van der Waals surface area (Å²) in [4.78, 5) is 13.5. The number of rotatable bonds is 6. The molecule has 13 heteroatoms. The van der Waals surface area contributed by atoms with Crippen molar-refractivity contribution in [2.24, 2.45) is 11.8 Å². The van der Waals surface area contributed by atoms with Crippen LogP contribution in [0.2, 0.25) is 0 Å². The van der Waals surface area contributed by atoms with Crippen molar-refractivity contribution in [2.75, 3.05) is 41.3 Å². The van der Waals surface area contributed by atoms with Crippen molar-refractivity contribution in [1.29, 1.82) is 0 Å². The standard InChI is InChI=1S/C30H34O13/c1-12-37-10-21-28(41-12)24(31)25(32)30(42-21)43-26-15-8-18-17(39-11-40-18)7-14(15)22(23-16(26)9-38-29(23)33)13-5-19(34-2)27(36-4)20(6-13)35-3/h5-8,12,16,21-26,28,30-32H,9-11H2,1-4H3/t12-,16?,21+,22+,23?,24+,25+,26?,28+,30?/m0/s1. The molecule has 7 rings (SSSR count). The van der Waals surface area contributed by atoms with Crippen molar-refractivity contribution in [3.8, 4) is 28.7 Å². The van der Waals surface area contributed by atoms with E-state index in [0.717, 1.165) is 11.1 Å². The van der Waals surface area contributed by atoms with Crippen molar-refractivity contribution in [2.45, 2.75) is 55.9 Å². The molecule has 13 nitrogen and oxygen atoms in total. The van der Waals surface area contributed by atoms with Crippen LogP contribution in [0, 0.1) is 11.8 Å². The summed E-state index contributed by atoms with van der Waals surface area (Å²) in [6, 6.07) is 7.31. The number of benzene rings is 2. The summed E-state index contributed by atoms with van der Waals surface area (Å²) in [5, 5.41) is 22.0. The Labute approximate surface area is 247 Å². The zero-order valence-corrected chi connectivity index (χ0v) is 24.1. The van der Waals surface area contributed by atoms with Gasteiger partial charge in [-0.1, -0.05) is 0 Å². The van der Waals surface area contributed by atoms with Gasteiger partial charge in [-0.3, -0.25) is 4.79 Å². The molecule has 5 aliphatic rings. The first-order valence-electron chi connectivity index (χ1n) is 14.2. The molecular weight excluding hydrogens is 568 g/mol. The van der Waals surface area contributed by atoms with Crippen LogP contribution in [0.5, 0.6) is 28.7 Å². The zero-order chi connectivity index (χ0) is 30.0. The second-order valence-corrected chi connectivity index (χ2v) is 11.2. The number of carbonyl (C=O) groups is 1. The fourth-order valence-electron chi connectivity index (χ4n) is 6.92. The van der Waals surface area contributed by atoms with Crippen LogP contribution in [-0.4, -0.2) is 94.5 Å². The van der Waals surface area contributed by atoms with E-state index in [1.165, 1.54) is 21.3 Å². The summed E-state index contributed by atoms with van der Waals surface area (Å²) in [5.41, 5.74) is 2.19. The van der Waals surface area contributed by atoms with Crippen LogP contribution < -0.4 is 23.7 Å². The number of hydrogen-bond donors (Lipinski definition) is 2. The maximum atomic E-state index is 13.5. The average Bonchev–Trinajstić information content (AvgIpc) is 3.64. The van der Waals surface area contributed by atoms with E-state index in [1.807, 2.05) is 24.3 Å². The van der Waals surface area contributed by atoms with Gasteiger partial charge in [0.15, 0.2) is 35.6 Å². The molecule has 0 radical (unpaired) electrons. The van der Waals surface area contributed by atoms with Gasteiger partial charge in [0.25, 0.3) is 0 Å². The lowest BCUT2D eigenvalue weighted by Crippen LogP contribution is -2.63. The topological polar surface area (TPSA) is 150 Å². The van der Waals surface area contributed by atoms with Crippen molar-refractivity contribution in [3.05, 3.63) is 41.0 Å². The lowest BCUT2D eigenvalue weighted by molar-refractivity contribution is -0.364. The lowest BCUT2D eigenvalue weighted by atomic mass is 9.66. The predicted molar refractivity (Wildman–Crippen MR) is 143 cm³/mol. The molecule has 4 heterocycles. The molecule has 0 amide bonds. The fraction of sp³-hybridized carbons (Fsp3) is 0.567. The highest BCUT2D eigenvalue weighted by Gasteiger charge is 2.56. The molecule has 43 heavy (non-hydrogen) atoms. The van der Waals surface area contributed by atoms with Crippen molar-refractivity contribution in [1.82, 2.24) is 0 Å². The number of ether oxygens (including phenoxy) is 10. The van der Waals surface area contributed by atoms with Crippen LogP contribution in [0.15, 0.2) is 24.3 Å². The SMILES string of the molecule is COc1cc([C@@H]2c3cc4c(cc3C(OC3O[C@@H]5CO[C@H](C)O[C@H]5[C@H](O)[C@H]3O)C3COC(=O)C32)OCO4)cc(OC)c1OC. The van der Waals surface area contributed by atoms with Crippen molar-refractivity contribution in [3.63, 3.8) is 0 Å². The number of esters is 1. The summed E-state index contributed by atoms with van der Waals surface area (Å²) >= 11 is 0. The maximum absolute atomic E-state index is 13.5. The van der Waals surface area contributed by atoms with E-state index in [2.05, 4.69) is 0 Å². The Morgan fingerprint density at radius 3 is 2.21 bits per heavy atom. The zero-order valence-electron chi connectivity index (χ0n) is 24.1. The van der Waals surface area contributed by atoms with E-state index in [4.69, 9.17) is 47.4 Å². The van der Waals surface area contributed by atoms with Gasteiger partial charge in [0.05, 0.1) is 46.6 Å². The Hall–Kier alpha value is -3.33. The van der Waals surface area contributed by atoms with Crippen LogP contribution in [0.25, 0.3) is 0 Å². The summed E-state index contributed by atoms with van der Waals surface area (Å²) in [6.45, 7) is 1.99. The lowest BCUT2D eigenvalue weighted by Gasteiger charge is -2.47. The summed E-state index contributed by atoms with van der Waals surface area (Å²) in [5.74, 6) is 0.289. The van der Waals surface area contributed by atoms with Crippen molar-refractivity contribution >= 4 is 5.97 Å². The van der Waals surface area contributed by atoms with Crippen LogP contribution in [-0.2, 0) is 28.5 Å². The van der Waals surface area contributed by atoms with E-state index in [-0.39, 0.29) is 20.0 Å². The van der Waals surface area contributed by atoms with Gasteiger partial charge in [-0.2, -0.15) is 0 Å². The van der Waals surface area contributed by atoms with E-state index in [0.29, 0.717) is 34.3 Å². The number of hydrogen-bond acceptors (Lipinski definition) is 13. The minimum atomic E-state index is -1.42. The molecule has 1 aliphatic carbocycles. The third-order valence-electron chi connectivity index (χ3n) is 8.93. The van der Waals surface area contributed by atoms with Gasteiger partial charge in [-0.15, -0.1) is 0 Å². The third-order valence-corrected chi connectivity index (χ3v) is 8.93. The molecule has 4 aliphatic heterocycles. The Morgan fingerprint density at radius 1 is 0.837 bits per heavy atom. The second-order valence-electron chi connectivity index (χ2n) is 11.2. The largest absolute Gasteiger partial charge is 0.493 e. The molecule has 3 saturated heterocycles. The van der Waals surface area contributed by atoms with Gasteiger partial charge in [-0.25, -0.2) is 0 Å². The first-order valence-corrected chi connectivity index (χ1v) is 14.2. The minimum absolute atomic E-state index is 0.0473. The molecule has 4 unspecified atom stereocenters. The average molecular weight is 603 g/mol. The molecule has 0 bridgehead atoms. The number of carbonyl (C=O) groups excluding carboxylic acids is 1. The highest BCUT2D eigenvalue weighted by molar-refractivity contribution is 5.79. The number of fused-ring (bicyclic) bond motifs is 4. The van der Waals surface area contributed by atoms with Gasteiger partial charge in [0.2, 0.25) is 12.5 Å². The molecule has 10 atom stereocenters. The number of aliphatic hydroxyl groups is 2. The maximum Gasteiger partial charge on any atom is 0.310 e. The van der Waals surface area contributed by atoms with E-state index >= 15 is 0 Å². The van der Waals surface area contributed by atoms with Crippen LogP contribution in [0.3, 0.4) is 0 Å². The molecule has 2 aromatic carbocycles. The molecule has 0 saturated carbocycles. The Balaban J connectivity index is 1.32. The fourth-order valence-corrected chi connectivity index (χ4v) is 6.92. The molecule has 2 N–H and O–H groups in total. The van der Waals surface area contributed by atoms with Crippen LogP contribution >= 0.6 is 0 Å². The third kappa shape index (κ3) is 4.57. The molecular formula is C30H34O13. The van der Waals surface area contributed by atoms with Crippen LogP contribution in [0.4, 0.5) is 0 Å². The highest BCUT2D eigenvalue weighted by Crippen LogP contribution is 2.57. The normalized spacial score (nSPS) is 35.8. The first-order chi connectivity index (χ1) is 20.8. The molecule has 232 valence electrons. The van der Waals surface area contributed by atoms with Gasteiger partial charge >= 0.3 is 5.97 Å². The molecule has 3 fully saturated rings. The van der Waals surface area contributed by atoms with Crippen molar-refractivity contribution < 1.29 is 62.4 Å². The summed E-state index contributed by atoms with van der Waals surface area (Å²) in [7, 11) is 4.58. The first kappa shape index (κ1) is 28.4. The molecule has 0 aromatic heterocycles. The van der Waals surface area contributed by atoms with E-state index < -0.39 is 66.8 Å². The van der Waals surface area contributed by atoms with E-state index in [1.54, 1.807) is 6.92 Å². The van der Waals surface area contributed by atoms with Gasteiger partial charge in [0, 0.05) is 11.8 Å². The Bertz CT molecular complexity index is 1370. The summed E-state index contributed by atoms with van der Waals surface area (Å²) < 4.78 is 57.7. The monoisotopic (exact) mass is 602 g/mol. The summed E-state index contributed by atoms with van der Waals surface area (Å²) in [6.07, 6.45) is -6.70. The Morgan fingerprint density at radius 2 is 1.53 bits per heavy atom. The second kappa shape index (κ2) is 11.0. The number of aliphatic hydroxyl groups excluding tert-OH is 2.